The van der Waals surface area contributed by atoms with Gasteiger partial charge in [-0.1, -0.05) is 36.9 Å². The number of allylic oxidation sites excluding steroid dienone is 1. The van der Waals surface area contributed by atoms with Crippen LogP contribution in [0.1, 0.15) is 37.2 Å². The second kappa shape index (κ2) is 4.99. The maximum Gasteiger partial charge on any atom is 0.0943 e. The van der Waals surface area contributed by atoms with Crippen molar-refractivity contribution < 1.29 is 0 Å². The highest BCUT2D eigenvalue weighted by Crippen LogP contribution is 2.37. The first-order valence-electron chi connectivity index (χ1n) is 5.95. The van der Waals surface area contributed by atoms with Gasteiger partial charge in [0.05, 0.1) is 6.07 Å². The largest absolute Gasteiger partial charge is 0.193 e. The fourth-order valence-corrected chi connectivity index (χ4v) is 2.59. The van der Waals surface area contributed by atoms with E-state index < -0.39 is 0 Å². The second-order valence-corrected chi connectivity index (χ2v) is 4.60. The Balaban J connectivity index is 1.96. The average molecular weight is 211 g/mol. The van der Waals surface area contributed by atoms with E-state index in [9.17, 15) is 0 Å². The molecule has 1 fully saturated rings. The maximum atomic E-state index is 8.82. The van der Waals surface area contributed by atoms with Gasteiger partial charge >= 0.3 is 0 Å². The fraction of sp³-hybridized carbons (Fsp3) is 0.400. The SMILES string of the molecule is C=C(C#N)C1CCC(c2ccccc2)CC1. The summed E-state index contributed by atoms with van der Waals surface area (Å²) >= 11 is 0. The summed E-state index contributed by atoms with van der Waals surface area (Å²) in [7, 11) is 0. The van der Waals surface area contributed by atoms with Gasteiger partial charge in [0, 0.05) is 5.57 Å². The number of hydrogen-bond donors (Lipinski definition) is 0. The first-order valence-corrected chi connectivity index (χ1v) is 5.95. The van der Waals surface area contributed by atoms with Gasteiger partial charge in [-0.2, -0.15) is 5.26 Å². The molecule has 2 rings (SSSR count). The van der Waals surface area contributed by atoms with Crippen LogP contribution in [0.3, 0.4) is 0 Å². The summed E-state index contributed by atoms with van der Waals surface area (Å²) in [5, 5.41) is 8.82. The van der Waals surface area contributed by atoms with E-state index in [2.05, 4.69) is 43.0 Å². The van der Waals surface area contributed by atoms with Crippen molar-refractivity contribution in [2.75, 3.05) is 0 Å². The Morgan fingerprint density at radius 2 is 1.75 bits per heavy atom. The highest BCUT2D eigenvalue weighted by atomic mass is 14.3. The Kier molecular flexibility index (Phi) is 3.41. The van der Waals surface area contributed by atoms with E-state index in [0.717, 1.165) is 18.4 Å². The molecule has 0 unspecified atom stereocenters. The smallest absolute Gasteiger partial charge is 0.0943 e. The van der Waals surface area contributed by atoms with Crippen molar-refractivity contribution in [3.63, 3.8) is 0 Å². The van der Waals surface area contributed by atoms with Crippen molar-refractivity contribution in [2.45, 2.75) is 31.6 Å². The second-order valence-electron chi connectivity index (χ2n) is 4.60. The van der Waals surface area contributed by atoms with Gasteiger partial charge in [-0.05, 0) is 43.1 Å². The minimum absolute atomic E-state index is 0.435. The number of rotatable bonds is 2. The van der Waals surface area contributed by atoms with Crippen molar-refractivity contribution in [3.8, 4) is 6.07 Å². The molecule has 0 spiro atoms. The van der Waals surface area contributed by atoms with E-state index in [-0.39, 0.29) is 0 Å². The van der Waals surface area contributed by atoms with Crippen molar-refractivity contribution in [1.29, 1.82) is 5.26 Å². The number of benzene rings is 1. The molecule has 1 heteroatoms. The van der Waals surface area contributed by atoms with E-state index in [1.165, 1.54) is 18.4 Å². The van der Waals surface area contributed by atoms with E-state index in [1.54, 1.807) is 0 Å². The Bertz CT molecular complexity index is 391. The third-order valence-corrected chi connectivity index (χ3v) is 3.63. The molecule has 1 nitrogen and oxygen atoms in total. The minimum atomic E-state index is 0.435. The van der Waals surface area contributed by atoms with Crippen LogP contribution in [-0.2, 0) is 0 Å². The van der Waals surface area contributed by atoms with Gasteiger partial charge in [0.15, 0.2) is 0 Å². The summed E-state index contributed by atoms with van der Waals surface area (Å²) in [5.41, 5.74) is 2.22. The molecule has 0 amide bonds. The average Bonchev–Trinajstić information content (AvgIpc) is 2.39. The summed E-state index contributed by atoms with van der Waals surface area (Å²) in [6, 6.07) is 12.9. The van der Waals surface area contributed by atoms with Gasteiger partial charge < -0.3 is 0 Å². The maximum absolute atomic E-state index is 8.82. The monoisotopic (exact) mass is 211 g/mol. The molecule has 0 heterocycles. The lowest BCUT2D eigenvalue weighted by Crippen LogP contribution is -2.14. The van der Waals surface area contributed by atoms with Crippen LogP contribution in [0.4, 0.5) is 0 Å². The van der Waals surface area contributed by atoms with E-state index >= 15 is 0 Å². The highest BCUT2D eigenvalue weighted by molar-refractivity contribution is 5.23. The standard InChI is InChI=1S/C15H17N/c1-12(11-16)13-7-9-15(10-8-13)14-5-3-2-4-6-14/h2-6,13,15H,1,7-10H2. The molecule has 1 aromatic carbocycles. The molecule has 0 N–H and O–H groups in total. The first kappa shape index (κ1) is 11.0. The molecule has 1 aromatic rings. The highest BCUT2D eigenvalue weighted by Gasteiger charge is 2.23. The van der Waals surface area contributed by atoms with Crippen LogP contribution in [0.25, 0.3) is 0 Å². The molecule has 0 aliphatic heterocycles. The quantitative estimate of drug-likeness (QED) is 0.677. The lowest BCUT2D eigenvalue weighted by atomic mass is 9.76. The number of hydrogen-bond acceptors (Lipinski definition) is 1. The van der Waals surface area contributed by atoms with Crippen LogP contribution in [-0.4, -0.2) is 0 Å². The Labute approximate surface area is 97.4 Å². The van der Waals surface area contributed by atoms with Gasteiger partial charge in [0.1, 0.15) is 0 Å². The molecule has 0 radical (unpaired) electrons. The summed E-state index contributed by atoms with van der Waals surface area (Å²) in [6.45, 7) is 3.83. The third kappa shape index (κ3) is 2.33. The van der Waals surface area contributed by atoms with Crippen LogP contribution in [0.2, 0.25) is 0 Å². The topological polar surface area (TPSA) is 23.8 Å². The predicted octanol–water partition coefficient (Wildman–Crippen LogP) is 4.04. The summed E-state index contributed by atoms with van der Waals surface area (Å²) in [5.74, 6) is 1.12. The Hall–Kier alpha value is -1.55. The Morgan fingerprint density at radius 3 is 2.31 bits per heavy atom. The summed E-state index contributed by atoms with van der Waals surface area (Å²) < 4.78 is 0. The van der Waals surface area contributed by atoms with Gasteiger partial charge in [-0.3, -0.25) is 0 Å². The lowest BCUT2D eigenvalue weighted by Gasteiger charge is -2.28. The molecule has 0 aromatic heterocycles. The molecule has 16 heavy (non-hydrogen) atoms. The molecule has 0 saturated heterocycles. The molecule has 82 valence electrons. The molecular formula is C15H17N. The molecule has 0 bridgehead atoms. The summed E-state index contributed by atoms with van der Waals surface area (Å²) in [4.78, 5) is 0. The number of nitrogens with zero attached hydrogens (tertiary/aromatic N) is 1. The minimum Gasteiger partial charge on any atom is -0.193 e. The van der Waals surface area contributed by atoms with E-state index in [4.69, 9.17) is 5.26 Å². The first-order chi connectivity index (χ1) is 7.81. The molecule has 1 aliphatic rings. The van der Waals surface area contributed by atoms with Crippen LogP contribution in [0.5, 0.6) is 0 Å². The van der Waals surface area contributed by atoms with Crippen molar-refractivity contribution >= 4 is 0 Å². The van der Waals surface area contributed by atoms with Crippen LogP contribution in [0.15, 0.2) is 42.5 Å². The zero-order chi connectivity index (χ0) is 11.4. The van der Waals surface area contributed by atoms with Gasteiger partial charge in [-0.15, -0.1) is 0 Å². The summed E-state index contributed by atoms with van der Waals surface area (Å²) in [6.07, 6.45) is 4.61. The predicted molar refractivity (Wildman–Crippen MR) is 65.9 cm³/mol. The molecule has 0 atom stereocenters. The van der Waals surface area contributed by atoms with Gasteiger partial charge in [0.25, 0.3) is 0 Å². The van der Waals surface area contributed by atoms with E-state index in [1.807, 2.05) is 0 Å². The zero-order valence-corrected chi connectivity index (χ0v) is 9.52. The fourth-order valence-electron chi connectivity index (χ4n) is 2.59. The molecule has 1 aliphatic carbocycles. The van der Waals surface area contributed by atoms with Crippen molar-refractivity contribution in [3.05, 3.63) is 48.0 Å². The van der Waals surface area contributed by atoms with E-state index in [0.29, 0.717) is 11.8 Å². The van der Waals surface area contributed by atoms with Crippen LogP contribution in [0, 0.1) is 17.2 Å². The molecular weight excluding hydrogens is 194 g/mol. The van der Waals surface area contributed by atoms with Crippen LogP contribution < -0.4 is 0 Å². The normalized spacial score (nSPS) is 24.7. The Morgan fingerprint density at radius 1 is 1.12 bits per heavy atom. The van der Waals surface area contributed by atoms with Gasteiger partial charge in [0.2, 0.25) is 0 Å². The van der Waals surface area contributed by atoms with Crippen molar-refractivity contribution in [2.24, 2.45) is 5.92 Å². The van der Waals surface area contributed by atoms with Crippen molar-refractivity contribution in [1.82, 2.24) is 0 Å². The lowest BCUT2D eigenvalue weighted by molar-refractivity contribution is 0.368. The third-order valence-electron chi connectivity index (χ3n) is 3.63. The molecule has 1 saturated carbocycles. The van der Waals surface area contributed by atoms with Crippen LogP contribution >= 0.6 is 0 Å². The number of nitriles is 1. The zero-order valence-electron chi connectivity index (χ0n) is 9.52. The van der Waals surface area contributed by atoms with Gasteiger partial charge in [-0.25, -0.2) is 0 Å².